The molecule has 1 fully saturated rings. The Balaban J connectivity index is 1.63. The molecule has 3 rings (SSSR count). The van der Waals surface area contributed by atoms with Crippen LogP contribution in [0.5, 0.6) is 0 Å². The number of aliphatic carboxylic acids is 1. The maximum atomic E-state index is 11.2. The fourth-order valence-electron chi connectivity index (χ4n) is 3.87. The van der Waals surface area contributed by atoms with Crippen molar-refractivity contribution in [3.63, 3.8) is 0 Å². The molecule has 0 aromatic heterocycles. The molecule has 3 atom stereocenters. The number of hydrogen-bond donors (Lipinski definition) is 2. The normalized spacial score (nSPS) is 29.1. The van der Waals surface area contributed by atoms with Crippen LogP contribution in [0, 0.1) is 11.8 Å². The molecule has 0 radical (unpaired) electrons. The van der Waals surface area contributed by atoms with Gasteiger partial charge in [-0.05, 0) is 55.7 Å². The second kappa shape index (κ2) is 5.96. The Morgan fingerprint density at radius 2 is 2.05 bits per heavy atom. The summed E-state index contributed by atoms with van der Waals surface area (Å²) in [5.74, 6) is -0.443. The van der Waals surface area contributed by atoms with Crippen LogP contribution in [0.1, 0.15) is 49.3 Å². The third kappa shape index (κ3) is 2.73. The first-order valence-corrected chi connectivity index (χ1v) is 7.79. The Labute approximate surface area is 120 Å². The van der Waals surface area contributed by atoms with Gasteiger partial charge in [0.2, 0.25) is 0 Å². The number of hydrogen-bond acceptors (Lipinski definition) is 2. The summed E-state index contributed by atoms with van der Waals surface area (Å²) in [5, 5.41) is 12.9. The Kier molecular flexibility index (Phi) is 4.06. The van der Waals surface area contributed by atoms with Crippen LogP contribution in [-0.4, -0.2) is 17.6 Å². The number of carboxylic acids is 1. The monoisotopic (exact) mass is 273 g/mol. The van der Waals surface area contributed by atoms with E-state index in [-0.39, 0.29) is 5.92 Å². The highest BCUT2D eigenvalue weighted by atomic mass is 16.4. The zero-order chi connectivity index (χ0) is 13.9. The van der Waals surface area contributed by atoms with Crippen molar-refractivity contribution in [3.05, 3.63) is 35.4 Å². The molecule has 3 unspecified atom stereocenters. The van der Waals surface area contributed by atoms with Crippen molar-refractivity contribution in [2.45, 2.75) is 44.6 Å². The molecular weight excluding hydrogens is 250 g/mol. The standard InChI is InChI=1S/C17H23NO2/c19-17(20)15-9-3-7-13(15)11-18-16-10-4-6-12-5-1-2-8-14(12)16/h1-2,5,8,13,15-16,18H,3-4,6-7,9-11H2,(H,19,20). The summed E-state index contributed by atoms with van der Waals surface area (Å²) in [7, 11) is 0. The van der Waals surface area contributed by atoms with Crippen molar-refractivity contribution in [1.29, 1.82) is 0 Å². The lowest BCUT2D eigenvalue weighted by atomic mass is 9.87. The molecule has 0 heterocycles. The largest absolute Gasteiger partial charge is 0.481 e. The van der Waals surface area contributed by atoms with E-state index in [1.165, 1.54) is 30.4 Å². The van der Waals surface area contributed by atoms with Crippen molar-refractivity contribution in [2.75, 3.05) is 6.54 Å². The quantitative estimate of drug-likeness (QED) is 0.886. The summed E-state index contributed by atoms with van der Waals surface area (Å²) in [6.07, 6.45) is 6.53. The lowest BCUT2D eigenvalue weighted by Crippen LogP contribution is -2.33. The first-order valence-electron chi connectivity index (χ1n) is 7.79. The molecule has 0 aliphatic heterocycles. The summed E-state index contributed by atoms with van der Waals surface area (Å²) in [6.45, 7) is 0.843. The molecule has 20 heavy (non-hydrogen) atoms. The second-order valence-electron chi connectivity index (χ2n) is 6.19. The molecule has 0 saturated heterocycles. The summed E-state index contributed by atoms with van der Waals surface area (Å²) < 4.78 is 0. The highest BCUT2D eigenvalue weighted by molar-refractivity contribution is 5.70. The van der Waals surface area contributed by atoms with E-state index in [2.05, 4.69) is 29.6 Å². The van der Waals surface area contributed by atoms with Gasteiger partial charge in [0.1, 0.15) is 0 Å². The van der Waals surface area contributed by atoms with Crippen LogP contribution in [0.4, 0.5) is 0 Å². The minimum absolute atomic E-state index is 0.138. The molecule has 108 valence electrons. The highest BCUT2D eigenvalue weighted by Gasteiger charge is 2.33. The van der Waals surface area contributed by atoms with E-state index in [4.69, 9.17) is 0 Å². The van der Waals surface area contributed by atoms with Crippen LogP contribution in [0.15, 0.2) is 24.3 Å². The van der Waals surface area contributed by atoms with Gasteiger partial charge in [0.25, 0.3) is 0 Å². The molecule has 0 bridgehead atoms. The minimum atomic E-state index is -0.613. The smallest absolute Gasteiger partial charge is 0.306 e. The number of benzene rings is 1. The molecular formula is C17H23NO2. The lowest BCUT2D eigenvalue weighted by molar-refractivity contribution is -0.142. The van der Waals surface area contributed by atoms with Crippen LogP contribution in [-0.2, 0) is 11.2 Å². The van der Waals surface area contributed by atoms with Crippen LogP contribution < -0.4 is 5.32 Å². The highest BCUT2D eigenvalue weighted by Crippen LogP contribution is 2.34. The van der Waals surface area contributed by atoms with Crippen molar-refractivity contribution >= 4 is 5.97 Å². The predicted molar refractivity (Wildman–Crippen MR) is 78.6 cm³/mol. The average Bonchev–Trinajstić information content (AvgIpc) is 2.93. The van der Waals surface area contributed by atoms with Crippen LogP contribution in [0.2, 0.25) is 0 Å². The number of aryl methyl sites for hydroxylation is 1. The van der Waals surface area contributed by atoms with Crippen molar-refractivity contribution in [1.82, 2.24) is 5.32 Å². The molecule has 0 amide bonds. The maximum absolute atomic E-state index is 11.2. The SMILES string of the molecule is O=C(O)C1CCCC1CNC1CCCc2ccccc21. The summed E-state index contributed by atoms with van der Waals surface area (Å²) in [5.41, 5.74) is 2.88. The number of rotatable bonds is 4. The summed E-state index contributed by atoms with van der Waals surface area (Å²) >= 11 is 0. The molecule has 1 aromatic carbocycles. The fraction of sp³-hybridized carbons (Fsp3) is 0.588. The summed E-state index contributed by atoms with van der Waals surface area (Å²) in [4.78, 5) is 11.2. The average molecular weight is 273 g/mol. The Bertz CT molecular complexity index is 486. The van der Waals surface area contributed by atoms with Crippen molar-refractivity contribution in [2.24, 2.45) is 11.8 Å². The number of carbonyl (C=O) groups is 1. The van der Waals surface area contributed by atoms with E-state index in [0.717, 1.165) is 25.8 Å². The van der Waals surface area contributed by atoms with Gasteiger partial charge in [-0.1, -0.05) is 30.7 Å². The topological polar surface area (TPSA) is 49.3 Å². The first-order chi connectivity index (χ1) is 9.75. The molecule has 1 saturated carbocycles. The van der Waals surface area contributed by atoms with Gasteiger partial charge in [0.15, 0.2) is 0 Å². The Morgan fingerprint density at radius 1 is 1.20 bits per heavy atom. The zero-order valence-electron chi connectivity index (χ0n) is 11.8. The second-order valence-corrected chi connectivity index (χ2v) is 6.19. The van der Waals surface area contributed by atoms with Gasteiger partial charge in [-0.25, -0.2) is 0 Å². The van der Waals surface area contributed by atoms with E-state index in [0.29, 0.717) is 12.0 Å². The lowest BCUT2D eigenvalue weighted by Gasteiger charge is -2.28. The van der Waals surface area contributed by atoms with Gasteiger partial charge in [-0.3, -0.25) is 4.79 Å². The molecule has 2 aliphatic carbocycles. The van der Waals surface area contributed by atoms with E-state index in [9.17, 15) is 9.90 Å². The van der Waals surface area contributed by atoms with E-state index in [1.807, 2.05) is 0 Å². The third-order valence-corrected chi connectivity index (χ3v) is 4.97. The predicted octanol–water partition coefficient (Wildman–Crippen LogP) is 3.15. The third-order valence-electron chi connectivity index (χ3n) is 4.97. The zero-order valence-corrected chi connectivity index (χ0v) is 11.8. The molecule has 2 N–H and O–H groups in total. The van der Waals surface area contributed by atoms with Crippen LogP contribution >= 0.6 is 0 Å². The summed E-state index contributed by atoms with van der Waals surface area (Å²) in [6, 6.07) is 9.07. The molecule has 1 aromatic rings. The number of nitrogens with one attached hydrogen (secondary N) is 1. The molecule has 3 heteroatoms. The van der Waals surface area contributed by atoms with Gasteiger partial charge >= 0.3 is 5.97 Å². The number of carboxylic acid groups (broad SMARTS) is 1. The van der Waals surface area contributed by atoms with Gasteiger partial charge in [0, 0.05) is 6.04 Å². The van der Waals surface area contributed by atoms with Gasteiger partial charge in [0.05, 0.1) is 5.92 Å². The van der Waals surface area contributed by atoms with E-state index in [1.54, 1.807) is 0 Å². The molecule has 2 aliphatic rings. The van der Waals surface area contributed by atoms with Crippen molar-refractivity contribution in [3.8, 4) is 0 Å². The molecule has 0 spiro atoms. The maximum Gasteiger partial charge on any atom is 0.306 e. The minimum Gasteiger partial charge on any atom is -0.481 e. The fourth-order valence-corrected chi connectivity index (χ4v) is 3.87. The molecule has 3 nitrogen and oxygen atoms in total. The van der Waals surface area contributed by atoms with Crippen molar-refractivity contribution < 1.29 is 9.90 Å². The van der Waals surface area contributed by atoms with E-state index >= 15 is 0 Å². The van der Waals surface area contributed by atoms with Gasteiger partial charge < -0.3 is 10.4 Å². The number of fused-ring (bicyclic) bond motifs is 1. The van der Waals surface area contributed by atoms with Crippen LogP contribution in [0.25, 0.3) is 0 Å². The van der Waals surface area contributed by atoms with Gasteiger partial charge in [-0.2, -0.15) is 0 Å². The van der Waals surface area contributed by atoms with Crippen LogP contribution in [0.3, 0.4) is 0 Å². The van der Waals surface area contributed by atoms with E-state index < -0.39 is 5.97 Å². The first kappa shape index (κ1) is 13.6. The van der Waals surface area contributed by atoms with Gasteiger partial charge in [-0.15, -0.1) is 0 Å². The Morgan fingerprint density at radius 3 is 2.90 bits per heavy atom. The Hall–Kier alpha value is -1.35.